The molecule has 2 rings (SSSR count). The second-order valence-electron chi connectivity index (χ2n) is 7.37. The first-order chi connectivity index (χ1) is 15.3. The first kappa shape index (κ1) is 25.8. The van der Waals surface area contributed by atoms with Crippen LogP contribution in [0.1, 0.15) is 25.8 Å². The van der Waals surface area contributed by atoms with Gasteiger partial charge in [0, 0.05) is 18.1 Å². The van der Waals surface area contributed by atoms with E-state index in [9.17, 15) is 19.5 Å². The maximum absolute atomic E-state index is 13.0. The van der Waals surface area contributed by atoms with Gasteiger partial charge >= 0.3 is 11.9 Å². The zero-order valence-electron chi connectivity index (χ0n) is 19.0. The molecule has 0 bridgehead atoms. The number of aryl methyl sites for hydroxylation is 1. The summed E-state index contributed by atoms with van der Waals surface area (Å²) in [5.41, 5.74) is 0.862. The molecule has 1 aromatic carbocycles. The van der Waals surface area contributed by atoms with Gasteiger partial charge in [-0.25, -0.2) is 4.79 Å². The van der Waals surface area contributed by atoms with E-state index >= 15 is 0 Å². The van der Waals surface area contributed by atoms with Crippen molar-refractivity contribution in [1.82, 2.24) is 10.2 Å². The van der Waals surface area contributed by atoms with Gasteiger partial charge in [-0.3, -0.25) is 14.9 Å². The Bertz CT molecular complexity index is 804. The Balaban J connectivity index is 2.12. The van der Waals surface area contributed by atoms with Crippen LogP contribution in [-0.2, 0) is 25.5 Å². The highest BCUT2D eigenvalue weighted by Crippen LogP contribution is 2.26. The van der Waals surface area contributed by atoms with Crippen molar-refractivity contribution in [2.45, 2.75) is 44.8 Å². The lowest BCUT2D eigenvalue weighted by Crippen LogP contribution is -2.57. The van der Waals surface area contributed by atoms with Gasteiger partial charge in [0.2, 0.25) is 5.91 Å². The van der Waals surface area contributed by atoms with Gasteiger partial charge in [0.1, 0.15) is 23.6 Å². The smallest absolute Gasteiger partial charge is 0.327 e. The van der Waals surface area contributed by atoms with Crippen LogP contribution in [0.2, 0.25) is 0 Å². The molecule has 0 spiro atoms. The number of nitrogens with zero attached hydrogens (tertiary/aromatic N) is 1. The summed E-state index contributed by atoms with van der Waals surface area (Å²) in [6.07, 6.45) is 0.841. The second kappa shape index (κ2) is 12.5. The first-order valence-corrected chi connectivity index (χ1v) is 11.7. The molecule has 178 valence electrons. The van der Waals surface area contributed by atoms with Crippen molar-refractivity contribution in [3.63, 3.8) is 0 Å². The standard InChI is InChI=1S/C22H32N2O7S/c1-5-31-22(28)17(8-6-15-12-16(29-3)7-9-19(15)30-4)23-14(2)20(25)24-10-11-32-13-18(24)21(26)27/h7,9,12,14,17-18,23H,5-6,8,10-11,13H2,1-4H3,(H,26,27)/t14-,17?,18?/m0/s1. The van der Waals surface area contributed by atoms with Crippen molar-refractivity contribution in [3.05, 3.63) is 23.8 Å². The second-order valence-corrected chi connectivity index (χ2v) is 8.52. The number of rotatable bonds is 11. The molecule has 0 saturated carbocycles. The van der Waals surface area contributed by atoms with E-state index in [1.54, 1.807) is 40.2 Å². The quantitative estimate of drug-likeness (QED) is 0.467. The fourth-order valence-corrected chi connectivity index (χ4v) is 4.62. The summed E-state index contributed by atoms with van der Waals surface area (Å²) in [6.45, 7) is 3.93. The molecule has 3 atom stereocenters. The first-order valence-electron chi connectivity index (χ1n) is 10.6. The fourth-order valence-electron chi connectivity index (χ4n) is 3.58. The fraction of sp³-hybridized carbons (Fsp3) is 0.591. The number of carbonyl (C=O) groups excluding carboxylic acids is 2. The van der Waals surface area contributed by atoms with Gasteiger partial charge in [-0.15, -0.1) is 0 Å². The molecule has 2 unspecified atom stereocenters. The average molecular weight is 469 g/mol. The molecule has 9 nitrogen and oxygen atoms in total. The number of amides is 1. The molecule has 0 radical (unpaired) electrons. The molecule has 10 heteroatoms. The van der Waals surface area contributed by atoms with Gasteiger partial charge in [0.15, 0.2) is 0 Å². The van der Waals surface area contributed by atoms with Crippen molar-refractivity contribution in [3.8, 4) is 11.5 Å². The monoisotopic (exact) mass is 468 g/mol. The third-order valence-corrected chi connectivity index (χ3v) is 6.30. The van der Waals surface area contributed by atoms with Crippen LogP contribution in [0.15, 0.2) is 18.2 Å². The molecule has 1 heterocycles. The molecule has 32 heavy (non-hydrogen) atoms. The van der Waals surface area contributed by atoms with Gasteiger partial charge in [-0.2, -0.15) is 11.8 Å². The van der Waals surface area contributed by atoms with Crippen LogP contribution in [0.4, 0.5) is 0 Å². The number of hydrogen-bond acceptors (Lipinski definition) is 8. The molecule has 1 aliphatic rings. The number of aliphatic carboxylic acids is 1. The van der Waals surface area contributed by atoms with Crippen LogP contribution in [-0.4, -0.2) is 84.9 Å². The summed E-state index contributed by atoms with van der Waals surface area (Å²) >= 11 is 1.51. The maximum atomic E-state index is 13.0. The number of carbonyl (C=O) groups is 3. The van der Waals surface area contributed by atoms with Gasteiger partial charge in [-0.1, -0.05) is 0 Å². The predicted octanol–water partition coefficient (Wildman–Crippen LogP) is 1.57. The lowest BCUT2D eigenvalue weighted by Gasteiger charge is -2.35. The highest BCUT2D eigenvalue weighted by atomic mass is 32.2. The number of esters is 1. The molecule has 2 N–H and O–H groups in total. The molecule has 1 aromatic rings. The largest absolute Gasteiger partial charge is 0.497 e. The van der Waals surface area contributed by atoms with Gasteiger partial charge in [0.25, 0.3) is 0 Å². The molecule has 0 aliphatic carbocycles. The Hall–Kier alpha value is -2.46. The number of carboxylic acids is 1. The van der Waals surface area contributed by atoms with Gasteiger partial charge < -0.3 is 24.2 Å². The zero-order chi connectivity index (χ0) is 23.7. The number of ether oxygens (including phenoxy) is 3. The minimum absolute atomic E-state index is 0.215. The number of carboxylic acid groups (broad SMARTS) is 1. The Morgan fingerprint density at radius 2 is 2.03 bits per heavy atom. The van der Waals surface area contributed by atoms with E-state index in [1.807, 2.05) is 6.07 Å². The molecule has 1 saturated heterocycles. The normalized spacial score (nSPS) is 17.9. The lowest BCUT2D eigenvalue weighted by atomic mass is 10.0. The van der Waals surface area contributed by atoms with E-state index < -0.39 is 30.1 Å². The van der Waals surface area contributed by atoms with Crippen LogP contribution in [0.5, 0.6) is 11.5 Å². The Morgan fingerprint density at radius 1 is 1.28 bits per heavy atom. The summed E-state index contributed by atoms with van der Waals surface area (Å²) in [4.78, 5) is 38.5. The summed E-state index contributed by atoms with van der Waals surface area (Å²) in [5.74, 6) is 0.554. The Morgan fingerprint density at radius 3 is 2.66 bits per heavy atom. The van der Waals surface area contributed by atoms with Crippen molar-refractivity contribution in [2.24, 2.45) is 0 Å². The van der Waals surface area contributed by atoms with E-state index in [2.05, 4.69) is 5.32 Å². The maximum Gasteiger partial charge on any atom is 0.327 e. The summed E-state index contributed by atoms with van der Waals surface area (Å²) in [5, 5.41) is 12.5. The number of methoxy groups -OCH3 is 2. The highest BCUT2D eigenvalue weighted by molar-refractivity contribution is 7.99. The van der Waals surface area contributed by atoms with E-state index in [0.29, 0.717) is 42.4 Å². The molecule has 1 aliphatic heterocycles. The van der Waals surface area contributed by atoms with Crippen molar-refractivity contribution in [1.29, 1.82) is 0 Å². The molecular weight excluding hydrogens is 436 g/mol. The zero-order valence-corrected chi connectivity index (χ0v) is 19.8. The van der Waals surface area contributed by atoms with Crippen LogP contribution < -0.4 is 14.8 Å². The van der Waals surface area contributed by atoms with E-state index in [-0.39, 0.29) is 12.5 Å². The minimum Gasteiger partial charge on any atom is -0.497 e. The highest BCUT2D eigenvalue weighted by Gasteiger charge is 2.35. The van der Waals surface area contributed by atoms with Crippen molar-refractivity contribution >= 4 is 29.6 Å². The molecular formula is C22H32N2O7S. The van der Waals surface area contributed by atoms with Crippen LogP contribution in [0, 0.1) is 0 Å². The molecule has 1 fully saturated rings. The third kappa shape index (κ3) is 6.77. The van der Waals surface area contributed by atoms with E-state index in [1.165, 1.54) is 16.7 Å². The van der Waals surface area contributed by atoms with Crippen molar-refractivity contribution < 1.29 is 33.7 Å². The summed E-state index contributed by atoms with van der Waals surface area (Å²) < 4.78 is 15.9. The van der Waals surface area contributed by atoms with Gasteiger partial charge in [-0.05, 0) is 50.5 Å². The summed E-state index contributed by atoms with van der Waals surface area (Å²) in [6, 6.07) is 3.08. The molecule has 0 aromatic heterocycles. The Kier molecular flexibility index (Phi) is 10.1. The number of benzene rings is 1. The Labute approximate surface area is 192 Å². The van der Waals surface area contributed by atoms with E-state index in [0.717, 1.165) is 5.56 Å². The minimum atomic E-state index is -1.02. The number of hydrogen-bond donors (Lipinski definition) is 2. The molecule has 1 amide bonds. The SMILES string of the molecule is CCOC(=O)C(CCc1cc(OC)ccc1OC)N[C@@H](C)C(=O)N1CCSCC1C(=O)O. The number of nitrogens with one attached hydrogen (secondary N) is 1. The third-order valence-electron chi connectivity index (χ3n) is 5.28. The number of thioether (sulfide) groups is 1. The topological polar surface area (TPSA) is 114 Å². The van der Waals surface area contributed by atoms with Gasteiger partial charge in [0.05, 0.1) is 26.9 Å². The average Bonchev–Trinajstić information content (AvgIpc) is 2.80. The van der Waals surface area contributed by atoms with E-state index in [4.69, 9.17) is 14.2 Å². The van der Waals surface area contributed by atoms with Crippen molar-refractivity contribution in [2.75, 3.05) is 38.9 Å². The van der Waals surface area contributed by atoms with Crippen LogP contribution >= 0.6 is 11.8 Å². The predicted molar refractivity (Wildman–Crippen MR) is 121 cm³/mol. The summed E-state index contributed by atoms with van der Waals surface area (Å²) in [7, 11) is 3.15. The van der Waals surface area contributed by atoms with Crippen LogP contribution in [0.25, 0.3) is 0 Å². The van der Waals surface area contributed by atoms with Crippen LogP contribution in [0.3, 0.4) is 0 Å². The lowest BCUT2D eigenvalue weighted by molar-refractivity contribution is -0.151.